The molecule has 1 saturated heterocycles. The van der Waals surface area contributed by atoms with E-state index in [2.05, 4.69) is 38.1 Å². The fourth-order valence-corrected chi connectivity index (χ4v) is 3.30. The van der Waals surface area contributed by atoms with Gasteiger partial charge in [0.05, 0.1) is 12.1 Å². The zero-order chi connectivity index (χ0) is 17.7. The van der Waals surface area contributed by atoms with E-state index in [1.807, 2.05) is 0 Å². The minimum atomic E-state index is -4.41. The lowest BCUT2D eigenvalue weighted by Gasteiger charge is -2.23. The summed E-state index contributed by atoms with van der Waals surface area (Å²) in [5.41, 5.74) is 5.22. The molecular weight excluding hydrogens is 512 g/mol. The van der Waals surface area contributed by atoms with Gasteiger partial charge >= 0.3 is 6.18 Å². The quantitative estimate of drug-likeness (QED) is 0.341. The van der Waals surface area contributed by atoms with Crippen molar-refractivity contribution in [3.05, 3.63) is 33.8 Å². The van der Waals surface area contributed by atoms with Crippen LogP contribution in [-0.2, 0) is 12.7 Å². The molecule has 1 aliphatic heterocycles. The third-order valence-electron chi connectivity index (χ3n) is 4.22. The van der Waals surface area contributed by atoms with Gasteiger partial charge in [0.2, 0.25) is 0 Å². The Kier molecular flexibility index (Phi) is 8.96. The van der Waals surface area contributed by atoms with Crippen LogP contribution in [0.25, 0.3) is 0 Å². The topological polar surface area (TPSA) is 53.6 Å². The van der Waals surface area contributed by atoms with E-state index in [9.17, 15) is 13.2 Å². The van der Waals surface area contributed by atoms with Crippen molar-refractivity contribution in [2.24, 2.45) is 10.7 Å². The maximum Gasteiger partial charge on any atom is 0.416 e. The lowest BCUT2D eigenvalue weighted by atomic mass is 10.1. The summed E-state index contributed by atoms with van der Waals surface area (Å²) in [7, 11) is 0. The summed E-state index contributed by atoms with van der Waals surface area (Å²) in [6.45, 7) is 4.73. The molecule has 1 heterocycles. The van der Waals surface area contributed by atoms with Crippen molar-refractivity contribution < 1.29 is 13.2 Å². The zero-order valence-corrected chi connectivity index (χ0v) is 17.9. The summed E-state index contributed by atoms with van der Waals surface area (Å²) in [5, 5.41) is 3.02. The van der Waals surface area contributed by atoms with E-state index in [1.54, 1.807) is 6.07 Å². The van der Waals surface area contributed by atoms with Crippen LogP contribution in [0.3, 0.4) is 0 Å². The molecular formula is C16H23BrF3IN4. The average molecular weight is 535 g/mol. The van der Waals surface area contributed by atoms with Crippen molar-refractivity contribution in [1.29, 1.82) is 0 Å². The zero-order valence-electron chi connectivity index (χ0n) is 13.9. The maximum atomic E-state index is 13.1. The molecule has 142 valence electrons. The first-order valence-electron chi connectivity index (χ1n) is 7.94. The van der Waals surface area contributed by atoms with E-state index in [1.165, 1.54) is 6.07 Å². The molecule has 25 heavy (non-hydrogen) atoms. The Bertz CT molecular complexity index is 595. The summed E-state index contributed by atoms with van der Waals surface area (Å²) < 4.78 is 39.6. The number of hydrogen-bond donors (Lipinski definition) is 2. The molecule has 1 aromatic rings. The minimum absolute atomic E-state index is 0. The second kappa shape index (κ2) is 9.96. The molecule has 2 rings (SSSR count). The van der Waals surface area contributed by atoms with Crippen LogP contribution in [0.4, 0.5) is 13.2 Å². The summed E-state index contributed by atoms with van der Waals surface area (Å²) in [5.74, 6) is 0.175. The largest absolute Gasteiger partial charge is 0.416 e. The van der Waals surface area contributed by atoms with Crippen molar-refractivity contribution in [2.45, 2.75) is 38.5 Å². The van der Waals surface area contributed by atoms with E-state index in [0.29, 0.717) is 17.1 Å². The van der Waals surface area contributed by atoms with Crippen LogP contribution in [-0.4, -0.2) is 36.5 Å². The van der Waals surface area contributed by atoms with Gasteiger partial charge in [-0.05, 0) is 43.6 Å². The number of likely N-dealkylation sites (N-methyl/N-ethyl adjacent to an activating group) is 1. The number of hydrogen-bond acceptors (Lipinski definition) is 2. The normalized spacial score (nSPS) is 18.9. The molecule has 9 heteroatoms. The first-order valence-corrected chi connectivity index (χ1v) is 8.74. The Balaban J connectivity index is 0.00000312. The second-order valence-corrected chi connectivity index (χ2v) is 6.72. The molecule has 1 atom stereocenters. The lowest BCUT2D eigenvalue weighted by Crippen LogP contribution is -2.42. The Hall–Kier alpha value is -0.550. The van der Waals surface area contributed by atoms with E-state index < -0.39 is 11.7 Å². The number of aliphatic imine (C=N–C) groups is 1. The molecule has 0 aromatic heterocycles. The predicted octanol–water partition coefficient (Wildman–Crippen LogP) is 3.97. The highest BCUT2D eigenvalue weighted by atomic mass is 127. The Morgan fingerprint density at radius 1 is 1.44 bits per heavy atom. The Morgan fingerprint density at radius 2 is 2.16 bits per heavy atom. The number of alkyl halides is 3. The molecule has 4 nitrogen and oxygen atoms in total. The van der Waals surface area contributed by atoms with Crippen molar-refractivity contribution in [1.82, 2.24) is 10.2 Å². The third-order valence-corrected chi connectivity index (χ3v) is 4.71. The molecule has 0 saturated carbocycles. The molecule has 1 fully saturated rings. The van der Waals surface area contributed by atoms with Crippen LogP contribution in [0.2, 0.25) is 0 Å². The van der Waals surface area contributed by atoms with Gasteiger partial charge in [0.15, 0.2) is 5.96 Å². The van der Waals surface area contributed by atoms with E-state index in [0.717, 1.165) is 32.0 Å². The monoisotopic (exact) mass is 534 g/mol. The highest BCUT2D eigenvalue weighted by molar-refractivity contribution is 14.0. The molecule has 0 radical (unpaired) electrons. The number of likely N-dealkylation sites (tertiary alicyclic amines) is 1. The molecule has 3 N–H and O–H groups in total. The summed E-state index contributed by atoms with van der Waals surface area (Å²) in [4.78, 5) is 6.42. The highest BCUT2D eigenvalue weighted by Gasteiger charge is 2.33. The molecule has 1 aliphatic rings. The van der Waals surface area contributed by atoms with Gasteiger partial charge in [-0.15, -0.1) is 24.0 Å². The average Bonchev–Trinajstić information content (AvgIpc) is 2.98. The minimum Gasteiger partial charge on any atom is -0.370 e. The first kappa shape index (κ1) is 22.5. The van der Waals surface area contributed by atoms with Crippen LogP contribution in [0.1, 0.15) is 30.9 Å². The number of nitrogens with one attached hydrogen (secondary N) is 1. The third kappa shape index (κ3) is 6.59. The molecule has 0 bridgehead atoms. The fraction of sp³-hybridized carbons (Fsp3) is 0.562. The van der Waals surface area contributed by atoms with Crippen molar-refractivity contribution >= 4 is 45.9 Å². The molecule has 1 aromatic carbocycles. The summed E-state index contributed by atoms with van der Waals surface area (Å²) in [6.07, 6.45) is -2.16. The Morgan fingerprint density at radius 3 is 2.80 bits per heavy atom. The summed E-state index contributed by atoms with van der Waals surface area (Å²) >= 11 is 3.07. The van der Waals surface area contributed by atoms with Gasteiger partial charge in [-0.25, -0.2) is 4.99 Å². The van der Waals surface area contributed by atoms with Gasteiger partial charge in [-0.1, -0.05) is 28.9 Å². The van der Waals surface area contributed by atoms with Gasteiger partial charge in [0, 0.05) is 17.1 Å². The highest BCUT2D eigenvalue weighted by Crippen LogP contribution is 2.34. The van der Waals surface area contributed by atoms with Crippen LogP contribution in [0, 0.1) is 0 Å². The van der Waals surface area contributed by atoms with Crippen molar-refractivity contribution in [3.63, 3.8) is 0 Å². The van der Waals surface area contributed by atoms with Gasteiger partial charge < -0.3 is 11.1 Å². The van der Waals surface area contributed by atoms with Crippen molar-refractivity contribution in [3.8, 4) is 0 Å². The van der Waals surface area contributed by atoms with Crippen LogP contribution < -0.4 is 11.1 Å². The van der Waals surface area contributed by atoms with Crippen LogP contribution >= 0.6 is 39.9 Å². The number of nitrogens with zero attached hydrogens (tertiary/aromatic N) is 2. The molecule has 1 unspecified atom stereocenters. The number of halogens is 5. The number of guanidine groups is 1. The smallest absolute Gasteiger partial charge is 0.370 e. The number of benzene rings is 1. The van der Waals surface area contributed by atoms with E-state index in [-0.39, 0.29) is 42.0 Å². The van der Waals surface area contributed by atoms with Crippen molar-refractivity contribution in [2.75, 3.05) is 19.6 Å². The van der Waals surface area contributed by atoms with Gasteiger partial charge in [-0.2, -0.15) is 13.2 Å². The first-order chi connectivity index (χ1) is 11.3. The lowest BCUT2D eigenvalue weighted by molar-refractivity contribution is -0.138. The van der Waals surface area contributed by atoms with Crippen LogP contribution in [0.5, 0.6) is 0 Å². The maximum absolute atomic E-state index is 13.1. The standard InChI is InChI=1S/C16H22BrF3N4.HI/c1-2-24-7-3-4-13(24)10-23-15(21)22-9-11-5-6-12(17)8-14(11)16(18,19)20;/h5-6,8,13H,2-4,7,9-10H2,1H3,(H3,21,22,23);1H. The molecule has 0 spiro atoms. The van der Waals surface area contributed by atoms with E-state index in [4.69, 9.17) is 5.73 Å². The predicted molar refractivity (Wildman–Crippen MR) is 108 cm³/mol. The SMILES string of the molecule is CCN1CCCC1CNC(N)=NCc1ccc(Br)cc1C(F)(F)F.I. The number of nitrogens with two attached hydrogens (primary N) is 1. The second-order valence-electron chi connectivity index (χ2n) is 5.81. The summed E-state index contributed by atoms with van der Waals surface area (Å²) in [6, 6.07) is 4.45. The van der Waals surface area contributed by atoms with E-state index >= 15 is 0 Å². The van der Waals surface area contributed by atoms with Gasteiger partial charge in [-0.3, -0.25) is 4.90 Å². The molecule has 0 amide bonds. The van der Waals surface area contributed by atoms with Crippen LogP contribution in [0.15, 0.2) is 27.7 Å². The fourth-order valence-electron chi connectivity index (χ4n) is 2.94. The molecule has 0 aliphatic carbocycles. The van der Waals surface area contributed by atoms with Gasteiger partial charge in [0.25, 0.3) is 0 Å². The Labute approximate surface area is 171 Å². The van der Waals surface area contributed by atoms with Gasteiger partial charge in [0.1, 0.15) is 0 Å². The number of rotatable bonds is 5.